The Labute approximate surface area is 139 Å². The monoisotopic (exact) mass is 329 g/mol. The maximum Gasteiger partial charge on any atom is 0.246 e. The van der Waals surface area contributed by atoms with Crippen LogP contribution in [0.15, 0.2) is 42.5 Å². The minimum Gasteiger partial charge on any atom is -0.504 e. The molecule has 0 aliphatic rings. The molecule has 0 unspecified atom stereocenters. The summed E-state index contributed by atoms with van der Waals surface area (Å²) in [6.45, 7) is 0.439. The summed E-state index contributed by atoms with van der Waals surface area (Å²) in [7, 11) is 1.65. The Morgan fingerprint density at radius 2 is 1.58 bits per heavy atom. The van der Waals surface area contributed by atoms with Crippen molar-refractivity contribution in [2.24, 2.45) is 0 Å². The number of benzene rings is 2. The van der Waals surface area contributed by atoms with Gasteiger partial charge in [-0.05, 0) is 47.9 Å². The van der Waals surface area contributed by atoms with Gasteiger partial charge in [-0.1, -0.05) is 12.1 Å². The molecule has 0 aromatic heterocycles. The van der Waals surface area contributed by atoms with Gasteiger partial charge in [-0.25, -0.2) is 0 Å². The molecule has 126 valence electrons. The molecule has 2 rings (SSSR count). The molecule has 0 spiro atoms. The summed E-state index contributed by atoms with van der Waals surface area (Å²) in [5, 5.41) is 37.4. The number of phenolic OH excluding ortho intramolecular Hbond substituents is 4. The van der Waals surface area contributed by atoms with Gasteiger partial charge in [0, 0.05) is 19.7 Å². The number of hydrogen-bond acceptors (Lipinski definition) is 5. The number of nitrogens with zero attached hydrogens (tertiary/aromatic N) is 1. The third-order valence-corrected chi connectivity index (χ3v) is 3.57. The lowest BCUT2D eigenvalue weighted by molar-refractivity contribution is -0.124. The summed E-state index contributed by atoms with van der Waals surface area (Å²) < 4.78 is 0. The molecular formula is C18H19NO5. The van der Waals surface area contributed by atoms with E-state index in [1.807, 2.05) is 0 Å². The van der Waals surface area contributed by atoms with Crippen molar-refractivity contribution in [2.75, 3.05) is 13.6 Å². The van der Waals surface area contributed by atoms with Crippen LogP contribution in [0.25, 0.3) is 6.08 Å². The van der Waals surface area contributed by atoms with Crippen molar-refractivity contribution < 1.29 is 25.2 Å². The van der Waals surface area contributed by atoms with Crippen LogP contribution >= 0.6 is 0 Å². The van der Waals surface area contributed by atoms with Crippen LogP contribution in [0.1, 0.15) is 11.1 Å². The van der Waals surface area contributed by atoms with Crippen molar-refractivity contribution in [1.82, 2.24) is 4.90 Å². The highest BCUT2D eigenvalue weighted by Gasteiger charge is 2.07. The van der Waals surface area contributed by atoms with E-state index < -0.39 is 0 Å². The molecule has 0 heterocycles. The minimum absolute atomic E-state index is 0.178. The number of likely N-dealkylation sites (N-methyl/N-ethyl adjacent to an activating group) is 1. The fraction of sp³-hybridized carbons (Fsp3) is 0.167. The molecule has 2 aromatic rings. The molecule has 4 N–H and O–H groups in total. The number of carbonyl (C=O) groups excluding carboxylic acids is 1. The molecular weight excluding hydrogens is 310 g/mol. The summed E-state index contributed by atoms with van der Waals surface area (Å²) in [6, 6.07) is 8.84. The van der Waals surface area contributed by atoms with Crippen LogP contribution in [-0.2, 0) is 11.2 Å². The highest BCUT2D eigenvalue weighted by atomic mass is 16.3. The molecule has 0 aliphatic heterocycles. The van der Waals surface area contributed by atoms with E-state index in [4.69, 9.17) is 0 Å². The van der Waals surface area contributed by atoms with Crippen LogP contribution in [0.4, 0.5) is 0 Å². The summed E-state index contributed by atoms with van der Waals surface area (Å²) in [4.78, 5) is 13.6. The SMILES string of the molecule is CN(CCc1ccc(O)c(O)c1)C(=O)C=Cc1ccc(O)c(O)c1. The first kappa shape index (κ1) is 17.2. The minimum atomic E-state index is -0.245. The summed E-state index contributed by atoms with van der Waals surface area (Å²) in [6.07, 6.45) is 3.45. The Kier molecular flexibility index (Phi) is 5.31. The first-order valence-corrected chi connectivity index (χ1v) is 7.33. The topological polar surface area (TPSA) is 101 Å². The largest absolute Gasteiger partial charge is 0.504 e. The number of amides is 1. The standard InChI is InChI=1S/C18H19NO5/c1-19(9-8-13-3-6-15(21)17(23)11-13)18(24)7-4-12-2-5-14(20)16(22)10-12/h2-7,10-11,20-23H,8-9H2,1H3. The van der Waals surface area contributed by atoms with E-state index >= 15 is 0 Å². The van der Waals surface area contributed by atoms with Crippen molar-refractivity contribution >= 4 is 12.0 Å². The molecule has 24 heavy (non-hydrogen) atoms. The van der Waals surface area contributed by atoms with E-state index in [1.165, 1.54) is 35.2 Å². The van der Waals surface area contributed by atoms with E-state index in [-0.39, 0.29) is 28.9 Å². The molecule has 0 bridgehead atoms. The molecule has 2 aromatic carbocycles. The van der Waals surface area contributed by atoms with Crippen LogP contribution < -0.4 is 0 Å². The fourth-order valence-corrected chi connectivity index (χ4v) is 2.07. The van der Waals surface area contributed by atoms with Gasteiger partial charge < -0.3 is 25.3 Å². The first-order chi connectivity index (χ1) is 11.4. The predicted molar refractivity (Wildman–Crippen MR) is 89.9 cm³/mol. The van der Waals surface area contributed by atoms with Gasteiger partial charge in [-0.2, -0.15) is 0 Å². The van der Waals surface area contributed by atoms with Gasteiger partial charge in [0.25, 0.3) is 0 Å². The molecule has 0 saturated carbocycles. The Morgan fingerprint density at radius 1 is 0.958 bits per heavy atom. The summed E-state index contributed by atoms with van der Waals surface area (Å²) in [5.74, 6) is -1.04. The maximum absolute atomic E-state index is 12.0. The Balaban J connectivity index is 1.92. The van der Waals surface area contributed by atoms with Gasteiger partial charge in [0.1, 0.15) is 0 Å². The molecule has 1 amide bonds. The van der Waals surface area contributed by atoms with Gasteiger partial charge in [-0.15, -0.1) is 0 Å². The highest BCUT2D eigenvalue weighted by Crippen LogP contribution is 2.26. The van der Waals surface area contributed by atoms with Gasteiger partial charge >= 0.3 is 0 Å². The number of phenols is 4. The predicted octanol–water partition coefficient (Wildman–Crippen LogP) is 2.22. The zero-order chi connectivity index (χ0) is 17.7. The quantitative estimate of drug-likeness (QED) is 0.498. The highest BCUT2D eigenvalue weighted by molar-refractivity contribution is 5.91. The Bertz CT molecular complexity index is 770. The van der Waals surface area contributed by atoms with Gasteiger partial charge in [-0.3, -0.25) is 4.79 Å². The van der Waals surface area contributed by atoms with Gasteiger partial charge in [0.05, 0.1) is 0 Å². The molecule has 0 radical (unpaired) electrons. The second kappa shape index (κ2) is 7.41. The molecule has 0 atom stereocenters. The zero-order valence-electron chi connectivity index (χ0n) is 13.2. The lowest BCUT2D eigenvalue weighted by Crippen LogP contribution is -2.27. The van der Waals surface area contributed by atoms with Gasteiger partial charge in [0.15, 0.2) is 23.0 Å². The van der Waals surface area contributed by atoms with Crippen LogP contribution in [0.3, 0.4) is 0 Å². The van der Waals surface area contributed by atoms with Crippen LogP contribution in [-0.4, -0.2) is 44.8 Å². The summed E-state index contributed by atoms with van der Waals surface area (Å²) in [5.41, 5.74) is 1.40. The van der Waals surface area contributed by atoms with Crippen molar-refractivity contribution in [2.45, 2.75) is 6.42 Å². The van der Waals surface area contributed by atoms with E-state index in [0.29, 0.717) is 18.5 Å². The van der Waals surface area contributed by atoms with Crippen molar-refractivity contribution in [3.8, 4) is 23.0 Å². The lowest BCUT2D eigenvalue weighted by Gasteiger charge is -2.15. The lowest BCUT2D eigenvalue weighted by atomic mass is 10.1. The summed E-state index contributed by atoms with van der Waals surface area (Å²) >= 11 is 0. The average Bonchev–Trinajstić information content (AvgIpc) is 2.56. The van der Waals surface area contributed by atoms with Gasteiger partial charge in [0.2, 0.25) is 5.91 Å². The second-order valence-corrected chi connectivity index (χ2v) is 5.41. The van der Waals surface area contributed by atoms with E-state index in [1.54, 1.807) is 25.3 Å². The molecule has 0 fully saturated rings. The van der Waals surface area contributed by atoms with Crippen molar-refractivity contribution in [3.63, 3.8) is 0 Å². The molecule has 0 aliphatic carbocycles. The number of rotatable bonds is 5. The maximum atomic E-state index is 12.0. The zero-order valence-corrected chi connectivity index (χ0v) is 13.2. The van der Waals surface area contributed by atoms with Crippen LogP contribution in [0.2, 0.25) is 0 Å². The first-order valence-electron chi connectivity index (χ1n) is 7.33. The number of carbonyl (C=O) groups is 1. The van der Waals surface area contributed by atoms with Crippen molar-refractivity contribution in [1.29, 1.82) is 0 Å². The molecule has 6 nitrogen and oxygen atoms in total. The molecule has 6 heteroatoms. The Hall–Kier alpha value is -3.15. The number of hydrogen-bond donors (Lipinski definition) is 4. The third kappa shape index (κ3) is 4.42. The average molecular weight is 329 g/mol. The fourth-order valence-electron chi connectivity index (χ4n) is 2.07. The molecule has 0 saturated heterocycles. The smallest absolute Gasteiger partial charge is 0.246 e. The number of aromatic hydroxyl groups is 4. The van der Waals surface area contributed by atoms with Crippen LogP contribution in [0, 0.1) is 0 Å². The van der Waals surface area contributed by atoms with Crippen molar-refractivity contribution in [3.05, 3.63) is 53.6 Å². The van der Waals surface area contributed by atoms with Crippen LogP contribution in [0.5, 0.6) is 23.0 Å². The second-order valence-electron chi connectivity index (χ2n) is 5.41. The third-order valence-electron chi connectivity index (χ3n) is 3.57. The van der Waals surface area contributed by atoms with E-state index in [9.17, 15) is 25.2 Å². The Morgan fingerprint density at radius 3 is 2.21 bits per heavy atom. The van der Waals surface area contributed by atoms with E-state index in [2.05, 4.69) is 0 Å². The normalized spacial score (nSPS) is 10.9. The van der Waals surface area contributed by atoms with E-state index in [0.717, 1.165) is 5.56 Å².